The summed E-state index contributed by atoms with van der Waals surface area (Å²) in [6.45, 7) is 5.58. The molecule has 0 saturated carbocycles. The van der Waals surface area contributed by atoms with Crippen molar-refractivity contribution in [3.05, 3.63) is 71.3 Å². The highest BCUT2D eigenvalue weighted by Crippen LogP contribution is 2.54. The average Bonchev–Trinajstić information content (AvgIpc) is 3.15. The van der Waals surface area contributed by atoms with Crippen LogP contribution < -0.4 is 0 Å². The Bertz CT molecular complexity index is 529. The highest BCUT2D eigenvalue weighted by Gasteiger charge is 2.48. The molecule has 98 valence electrons. The topological polar surface area (TPSA) is 3.01 Å². The molecule has 1 heteroatoms. The van der Waals surface area contributed by atoms with E-state index in [2.05, 4.69) is 73.3 Å². The van der Waals surface area contributed by atoms with Crippen LogP contribution in [0.1, 0.15) is 42.1 Å². The summed E-state index contributed by atoms with van der Waals surface area (Å²) in [4.78, 5) is 2.60. The molecule has 1 unspecified atom stereocenters. The van der Waals surface area contributed by atoms with Crippen LogP contribution in [0.15, 0.2) is 54.6 Å². The van der Waals surface area contributed by atoms with Crippen molar-refractivity contribution in [2.24, 2.45) is 0 Å². The largest absolute Gasteiger partial charge is 0.286 e. The van der Waals surface area contributed by atoms with Crippen molar-refractivity contribution in [1.82, 2.24) is 4.90 Å². The molecular weight excluding hydrogens is 230 g/mol. The van der Waals surface area contributed by atoms with Gasteiger partial charge in [-0.05, 0) is 31.0 Å². The molecule has 1 aliphatic heterocycles. The van der Waals surface area contributed by atoms with Gasteiger partial charge in [0, 0.05) is 0 Å². The lowest BCUT2D eigenvalue weighted by Gasteiger charge is -2.01. The Balaban J connectivity index is 1.86. The molecule has 0 bridgehead atoms. The summed E-state index contributed by atoms with van der Waals surface area (Å²) in [6, 6.07) is 21.0. The molecule has 1 saturated heterocycles. The molecule has 0 N–H and O–H groups in total. The Kier molecular flexibility index (Phi) is 3.39. The van der Waals surface area contributed by atoms with Gasteiger partial charge in [-0.25, -0.2) is 0 Å². The van der Waals surface area contributed by atoms with Gasteiger partial charge in [-0.3, -0.25) is 4.90 Å². The molecule has 1 aliphatic rings. The number of nitrogens with zero attached hydrogens (tertiary/aromatic N) is 1. The van der Waals surface area contributed by atoms with Crippen molar-refractivity contribution in [1.29, 1.82) is 0 Å². The van der Waals surface area contributed by atoms with Crippen LogP contribution in [0.5, 0.6) is 0 Å². The van der Waals surface area contributed by atoms with Crippen LogP contribution in [-0.4, -0.2) is 11.4 Å². The fraction of sp³-hybridized carbons (Fsp3) is 0.333. The van der Waals surface area contributed by atoms with Crippen LogP contribution in [0.4, 0.5) is 0 Å². The fourth-order valence-electron chi connectivity index (χ4n) is 2.97. The van der Waals surface area contributed by atoms with Gasteiger partial charge in [0.2, 0.25) is 0 Å². The molecule has 2 aromatic rings. The van der Waals surface area contributed by atoms with E-state index in [9.17, 15) is 0 Å². The minimum absolute atomic E-state index is 0.572. The first kappa shape index (κ1) is 12.4. The molecule has 0 aliphatic carbocycles. The van der Waals surface area contributed by atoms with Crippen molar-refractivity contribution in [2.75, 3.05) is 6.54 Å². The molecule has 0 spiro atoms. The lowest BCUT2D eigenvalue weighted by molar-refractivity contribution is 0.482. The standard InChI is InChI=1S/C18H21N/c1-3-13-19-17(15-7-5-4-6-8-15)18(19)16-11-9-14(2)10-12-16/h4-12,17-18H,3,13H2,1-2H3/t17-,18+,19?/m0/s1. The fourth-order valence-corrected chi connectivity index (χ4v) is 2.97. The Morgan fingerprint density at radius 3 is 2.00 bits per heavy atom. The molecule has 3 rings (SSSR count). The molecular formula is C18H21N. The maximum Gasteiger partial charge on any atom is 0.0552 e. The normalized spacial score (nSPS) is 25.3. The summed E-state index contributed by atoms with van der Waals surface area (Å²) in [5, 5.41) is 0. The second kappa shape index (κ2) is 5.18. The van der Waals surface area contributed by atoms with Crippen molar-refractivity contribution < 1.29 is 0 Å². The summed E-state index contributed by atoms with van der Waals surface area (Å²) in [6.07, 6.45) is 1.21. The van der Waals surface area contributed by atoms with E-state index in [-0.39, 0.29) is 0 Å². The molecule has 0 amide bonds. The Morgan fingerprint density at radius 2 is 1.42 bits per heavy atom. The van der Waals surface area contributed by atoms with E-state index in [1.165, 1.54) is 29.7 Å². The first-order valence-electron chi connectivity index (χ1n) is 7.18. The van der Waals surface area contributed by atoms with Crippen molar-refractivity contribution in [3.63, 3.8) is 0 Å². The summed E-state index contributed by atoms with van der Waals surface area (Å²) in [7, 11) is 0. The van der Waals surface area contributed by atoms with Crippen LogP contribution in [-0.2, 0) is 0 Å². The molecule has 1 nitrogen and oxygen atoms in total. The number of aryl methyl sites for hydroxylation is 1. The SMILES string of the molecule is CCCN1[C@H](c2ccc(C)cc2)[C@@H]1c1ccccc1. The van der Waals surface area contributed by atoms with Crippen LogP contribution in [0, 0.1) is 6.92 Å². The average molecular weight is 251 g/mol. The Morgan fingerprint density at radius 1 is 0.842 bits per heavy atom. The van der Waals surface area contributed by atoms with Gasteiger partial charge in [-0.15, -0.1) is 0 Å². The van der Waals surface area contributed by atoms with Gasteiger partial charge in [0.25, 0.3) is 0 Å². The van der Waals surface area contributed by atoms with Gasteiger partial charge in [0.05, 0.1) is 12.1 Å². The predicted molar refractivity (Wildman–Crippen MR) is 80.1 cm³/mol. The highest BCUT2D eigenvalue weighted by molar-refractivity contribution is 5.35. The third kappa shape index (κ3) is 2.43. The number of hydrogen-bond acceptors (Lipinski definition) is 1. The Labute approximate surface area is 115 Å². The van der Waals surface area contributed by atoms with Crippen LogP contribution in [0.2, 0.25) is 0 Å². The number of benzene rings is 2. The zero-order chi connectivity index (χ0) is 13.2. The molecule has 1 heterocycles. The summed E-state index contributed by atoms with van der Waals surface area (Å²) >= 11 is 0. The molecule has 19 heavy (non-hydrogen) atoms. The maximum atomic E-state index is 2.60. The van der Waals surface area contributed by atoms with E-state index in [1.54, 1.807) is 0 Å². The van der Waals surface area contributed by atoms with Crippen molar-refractivity contribution in [3.8, 4) is 0 Å². The van der Waals surface area contributed by atoms with Gasteiger partial charge in [0.15, 0.2) is 0 Å². The third-order valence-electron chi connectivity index (χ3n) is 3.97. The Hall–Kier alpha value is -1.60. The van der Waals surface area contributed by atoms with Crippen molar-refractivity contribution in [2.45, 2.75) is 32.4 Å². The number of hydrogen-bond donors (Lipinski definition) is 0. The van der Waals surface area contributed by atoms with Gasteiger partial charge < -0.3 is 0 Å². The van der Waals surface area contributed by atoms with E-state index >= 15 is 0 Å². The predicted octanol–water partition coefficient (Wildman–Crippen LogP) is 4.50. The minimum atomic E-state index is 0.572. The smallest absolute Gasteiger partial charge is 0.0552 e. The zero-order valence-electron chi connectivity index (χ0n) is 11.7. The van der Waals surface area contributed by atoms with Gasteiger partial charge in [0.1, 0.15) is 0 Å². The van der Waals surface area contributed by atoms with E-state index in [0.717, 1.165) is 0 Å². The van der Waals surface area contributed by atoms with E-state index < -0.39 is 0 Å². The van der Waals surface area contributed by atoms with Crippen LogP contribution in [0.3, 0.4) is 0 Å². The lowest BCUT2D eigenvalue weighted by atomic mass is 10.0. The van der Waals surface area contributed by atoms with Crippen molar-refractivity contribution >= 4 is 0 Å². The monoisotopic (exact) mass is 251 g/mol. The highest BCUT2D eigenvalue weighted by atomic mass is 15.3. The molecule has 2 aromatic carbocycles. The van der Waals surface area contributed by atoms with Gasteiger partial charge >= 0.3 is 0 Å². The lowest BCUT2D eigenvalue weighted by Crippen LogP contribution is -2.00. The van der Waals surface area contributed by atoms with Crippen LogP contribution >= 0.6 is 0 Å². The first-order chi connectivity index (χ1) is 9.31. The zero-order valence-corrected chi connectivity index (χ0v) is 11.7. The minimum Gasteiger partial charge on any atom is -0.286 e. The number of rotatable bonds is 4. The van der Waals surface area contributed by atoms with Crippen LogP contribution in [0.25, 0.3) is 0 Å². The molecule has 1 fully saturated rings. The molecule has 0 radical (unpaired) electrons. The van der Waals surface area contributed by atoms with E-state index in [1.807, 2.05) is 0 Å². The maximum absolute atomic E-state index is 2.60. The quantitative estimate of drug-likeness (QED) is 0.723. The second-order valence-electron chi connectivity index (χ2n) is 5.45. The van der Waals surface area contributed by atoms with E-state index in [4.69, 9.17) is 0 Å². The molecule has 3 atom stereocenters. The summed E-state index contributed by atoms with van der Waals surface area (Å²) < 4.78 is 0. The first-order valence-corrected chi connectivity index (χ1v) is 7.18. The van der Waals surface area contributed by atoms with Gasteiger partial charge in [-0.1, -0.05) is 67.1 Å². The van der Waals surface area contributed by atoms with E-state index in [0.29, 0.717) is 12.1 Å². The summed E-state index contributed by atoms with van der Waals surface area (Å²) in [5.74, 6) is 0. The third-order valence-corrected chi connectivity index (χ3v) is 3.97. The molecule has 0 aromatic heterocycles. The van der Waals surface area contributed by atoms with Gasteiger partial charge in [-0.2, -0.15) is 0 Å². The summed E-state index contributed by atoms with van der Waals surface area (Å²) in [5.41, 5.74) is 4.23. The second-order valence-corrected chi connectivity index (χ2v) is 5.45.